The van der Waals surface area contributed by atoms with Gasteiger partial charge in [-0.15, -0.1) is 0 Å². The average Bonchev–Trinajstić information content (AvgIpc) is 4.40. The molecule has 0 spiro atoms. The monoisotopic (exact) mass is 1080 g/mol. The van der Waals surface area contributed by atoms with Crippen molar-refractivity contribution in [1.82, 2.24) is 0 Å². The van der Waals surface area contributed by atoms with Crippen LogP contribution in [-0.2, 0) is 35.2 Å². The van der Waals surface area contributed by atoms with Crippen molar-refractivity contribution in [2.75, 3.05) is 0 Å². The van der Waals surface area contributed by atoms with Gasteiger partial charge in [-0.05, 0) is 70.2 Å². The maximum atomic E-state index is 12.6. The van der Waals surface area contributed by atoms with Crippen LogP contribution in [0.1, 0.15) is 205 Å². The van der Waals surface area contributed by atoms with Crippen LogP contribution in [0.3, 0.4) is 0 Å². The minimum absolute atomic E-state index is 0.0321. The summed E-state index contributed by atoms with van der Waals surface area (Å²) in [5.74, 6) is -7.51. The first-order valence-corrected chi connectivity index (χ1v) is 25.4. The van der Waals surface area contributed by atoms with Gasteiger partial charge >= 0.3 is 17.9 Å². The summed E-state index contributed by atoms with van der Waals surface area (Å²) in [6.07, 6.45) is 3.11. The van der Waals surface area contributed by atoms with Crippen molar-refractivity contribution >= 4 is 70.0 Å². The zero-order valence-corrected chi connectivity index (χ0v) is 43.3. The van der Waals surface area contributed by atoms with Gasteiger partial charge in [0, 0.05) is 33.4 Å². The van der Waals surface area contributed by atoms with Crippen molar-refractivity contribution in [3.8, 4) is 0 Å². The van der Waals surface area contributed by atoms with Gasteiger partial charge in [0.25, 0.3) is 0 Å². The van der Waals surface area contributed by atoms with Crippen LogP contribution in [0.25, 0.3) is 0 Å². The highest BCUT2D eigenvalue weighted by molar-refractivity contribution is 6.30. The van der Waals surface area contributed by atoms with Crippen LogP contribution in [0.4, 0.5) is 0 Å². The topological polar surface area (TPSA) is 272 Å². The Labute approximate surface area is 455 Å². The molecule has 4 aromatic carbocycles. The second-order valence-corrected chi connectivity index (χ2v) is 20.0. The molecule has 0 amide bonds. The lowest BCUT2D eigenvalue weighted by Crippen LogP contribution is -2.25. The van der Waals surface area contributed by atoms with Crippen molar-refractivity contribution in [2.24, 2.45) is 0 Å². The predicted molar refractivity (Wildman–Crippen MR) is 278 cm³/mol. The molecule has 4 aliphatic carbocycles. The largest absolute Gasteiger partial charge is 0.462 e. The number of Topliss-reactive ketones (excluding diaryl/α,β-unsaturated/α-hetero) is 3. The Balaban J connectivity index is 0.000000145. The standard InChI is InChI=1S/C22H14O6.C21H18O6.C19H16O6/c23-17(11-19(24)27-12-13-6-2-1-3-7-13)18-10-16-20(25)14-8-4-5-9-15(14)21(26)22(16)28-18;22-16(11-18(23)26-12-6-2-1-3-7-12)17-10-15-19(24)13-8-4-5-9-14(13)20(25)21(15)27-17;1-19(2,3)25-15(21)9-13(20)14-8-12-16(22)10-6-4-5-7-11(10)17(23)18(12)24-14/h1-10H,11-12H2;4-5,8-10,12H,1-3,6-7,11H2;4-8H,9H2,1-3H3. The van der Waals surface area contributed by atoms with Crippen LogP contribution in [-0.4, -0.2) is 81.7 Å². The third kappa shape index (κ3) is 11.8. The lowest BCUT2D eigenvalue weighted by molar-refractivity contribution is -0.154. The smallest absolute Gasteiger partial charge is 0.314 e. The molecule has 3 heterocycles. The molecule has 0 radical (unpaired) electrons. The highest BCUT2D eigenvalue weighted by Gasteiger charge is 2.38. The molecular weight excluding hydrogens is 1030 g/mol. The first-order chi connectivity index (χ1) is 38.3. The van der Waals surface area contributed by atoms with Crippen molar-refractivity contribution in [3.63, 3.8) is 0 Å². The quantitative estimate of drug-likeness (QED) is 0.0476. The molecule has 0 N–H and O–H groups in total. The van der Waals surface area contributed by atoms with Crippen LogP contribution in [0, 0.1) is 0 Å². The van der Waals surface area contributed by atoms with E-state index in [0.29, 0.717) is 0 Å². The molecular formula is C62H48O18. The first-order valence-electron chi connectivity index (χ1n) is 25.4. The summed E-state index contributed by atoms with van der Waals surface area (Å²) >= 11 is 0. The number of fused-ring (bicyclic) bond motifs is 6. The summed E-state index contributed by atoms with van der Waals surface area (Å²) in [6, 6.07) is 32.0. The van der Waals surface area contributed by atoms with Gasteiger partial charge in [0.2, 0.25) is 34.7 Å². The normalized spacial score (nSPS) is 14.0. The Morgan fingerprint density at radius 3 is 1.14 bits per heavy atom. The average molecular weight is 1080 g/mol. The van der Waals surface area contributed by atoms with Gasteiger partial charge in [-0.1, -0.05) is 110 Å². The Kier molecular flexibility index (Phi) is 15.8. The molecule has 7 aromatic rings. The predicted octanol–water partition coefficient (Wildman–Crippen LogP) is 9.84. The van der Waals surface area contributed by atoms with Gasteiger partial charge in [0.05, 0.1) is 16.7 Å². The maximum Gasteiger partial charge on any atom is 0.314 e. The molecule has 404 valence electrons. The van der Waals surface area contributed by atoms with Gasteiger partial charge in [-0.2, -0.15) is 0 Å². The highest BCUT2D eigenvalue weighted by Crippen LogP contribution is 2.33. The molecule has 0 saturated heterocycles. The van der Waals surface area contributed by atoms with Gasteiger partial charge in [-0.3, -0.25) is 57.5 Å². The van der Waals surface area contributed by atoms with Crippen LogP contribution in [0.2, 0.25) is 0 Å². The fourth-order valence-electron chi connectivity index (χ4n) is 9.27. The van der Waals surface area contributed by atoms with E-state index in [0.717, 1.165) is 37.7 Å². The Morgan fingerprint density at radius 1 is 0.425 bits per heavy atom. The lowest BCUT2D eigenvalue weighted by Gasteiger charge is -2.21. The van der Waals surface area contributed by atoms with E-state index in [1.165, 1.54) is 30.3 Å². The number of ketones is 9. The summed E-state index contributed by atoms with van der Waals surface area (Å²) in [4.78, 5) is 148. The van der Waals surface area contributed by atoms with E-state index < -0.39 is 77.5 Å². The highest BCUT2D eigenvalue weighted by atomic mass is 16.6. The van der Waals surface area contributed by atoms with E-state index >= 15 is 0 Å². The Bertz CT molecular complexity index is 3570. The maximum absolute atomic E-state index is 12.6. The molecule has 1 saturated carbocycles. The first kappa shape index (κ1) is 54.9. The number of hydrogen-bond donors (Lipinski definition) is 0. The molecule has 80 heavy (non-hydrogen) atoms. The van der Waals surface area contributed by atoms with Gasteiger partial charge in [0.1, 0.15) is 37.6 Å². The molecule has 18 nitrogen and oxygen atoms in total. The Hall–Kier alpha value is -9.84. The molecule has 0 aliphatic heterocycles. The third-order valence-electron chi connectivity index (χ3n) is 13.0. The molecule has 1 fully saturated rings. The van der Waals surface area contributed by atoms with Crippen LogP contribution >= 0.6 is 0 Å². The molecule has 0 unspecified atom stereocenters. The minimum atomic E-state index is -0.718. The Morgan fingerprint density at radius 2 is 0.762 bits per heavy atom. The minimum Gasteiger partial charge on any atom is -0.462 e. The third-order valence-corrected chi connectivity index (χ3v) is 13.0. The molecule has 0 bridgehead atoms. The number of furan rings is 3. The lowest BCUT2D eigenvalue weighted by atomic mass is 9.88. The zero-order chi connectivity index (χ0) is 57.0. The zero-order valence-electron chi connectivity index (χ0n) is 43.3. The van der Waals surface area contributed by atoms with E-state index in [-0.39, 0.29) is 115 Å². The second kappa shape index (κ2) is 23.0. The van der Waals surface area contributed by atoms with E-state index in [1.807, 2.05) is 18.2 Å². The number of rotatable bonds is 12. The van der Waals surface area contributed by atoms with Crippen molar-refractivity contribution in [1.29, 1.82) is 0 Å². The summed E-state index contributed by atoms with van der Waals surface area (Å²) in [5.41, 5.74) is 1.75. The van der Waals surface area contributed by atoms with Crippen molar-refractivity contribution < 1.29 is 85.0 Å². The van der Waals surface area contributed by atoms with E-state index in [9.17, 15) is 57.5 Å². The SMILES string of the molecule is CC(C)(C)OC(=O)CC(=O)c1cc2c(o1)C(=O)c1ccccc1C2=O.O=C(CC(=O)c1cc2c(o1)C(=O)c1ccccc1C2=O)OC1CCCCC1.O=C(CC(=O)c1cc2c(o1)C(=O)c1ccccc1C2=O)OCc1ccccc1. The van der Waals surface area contributed by atoms with E-state index in [1.54, 1.807) is 93.6 Å². The van der Waals surface area contributed by atoms with Crippen LogP contribution in [0.5, 0.6) is 0 Å². The van der Waals surface area contributed by atoms with Crippen molar-refractivity contribution in [3.05, 3.63) is 212 Å². The summed E-state index contributed by atoms with van der Waals surface area (Å²) in [7, 11) is 0. The van der Waals surface area contributed by atoms with Crippen molar-refractivity contribution in [2.45, 2.75) is 90.4 Å². The molecule has 18 heteroatoms. The second-order valence-electron chi connectivity index (χ2n) is 20.0. The number of carbonyl (C=O) groups is 12. The van der Waals surface area contributed by atoms with E-state index in [4.69, 9.17) is 27.5 Å². The van der Waals surface area contributed by atoms with Gasteiger partial charge in [0.15, 0.2) is 51.9 Å². The number of esters is 3. The molecule has 0 atom stereocenters. The molecule has 11 rings (SSSR count). The fourth-order valence-corrected chi connectivity index (χ4v) is 9.27. The summed E-state index contributed by atoms with van der Waals surface area (Å²) in [5, 5.41) is 0. The molecule has 4 aliphatic rings. The fraction of sp³-hybridized carbons (Fsp3) is 0.226. The number of hydrogen-bond acceptors (Lipinski definition) is 18. The summed E-state index contributed by atoms with van der Waals surface area (Å²) in [6.45, 7) is 5.12. The van der Waals surface area contributed by atoms with Crippen LogP contribution in [0.15, 0.2) is 135 Å². The number of carbonyl (C=O) groups excluding carboxylic acids is 12. The van der Waals surface area contributed by atoms with Crippen LogP contribution < -0.4 is 0 Å². The molecule has 3 aromatic heterocycles. The number of ether oxygens (including phenoxy) is 3. The summed E-state index contributed by atoms with van der Waals surface area (Å²) < 4.78 is 31.5. The van der Waals surface area contributed by atoms with Gasteiger partial charge < -0.3 is 27.5 Å². The van der Waals surface area contributed by atoms with Gasteiger partial charge in [-0.25, -0.2) is 0 Å². The number of benzene rings is 4. The van der Waals surface area contributed by atoms with E-state index in [2.05, 4.69) is 0 Å².